The maximum Gasteiger partial charge on any atom is 0.290 e. The molecule has 0 aliphatic carbocycles. The molecule has 1 N–H and O–H groups in total. The van der Waals surface area contributed by atoms with Gasteiger partial charge in [0.1, 0.15) is 5.58 Å². The van der Waals surface area contributed by atoms with Crippen LogP contribution in [0.15, 0.2) is 56.1 Å². The lowest BCUT2D eigenvalue weighted by Crippen LogP contribution is -2.31. The van der Waals surface area contributed by atoms with Crippen LogP contribution in [0.3, 0.4) is 0 Å². The average molecular weight is 470 g/mol. The Morgan fingerprint density at radius 3 is 2.43 bits per heavy atom. The first-order chi connectivity index (χ1) is 14.2. The Morgan fingerprint density at radius 1 is 1.10 bits per heavy atom. The van der Waals surface area contributed by atoms with Gasteiger partial charge >= 0.3 is 0 Å². The van der Waals surface area contributed by atoms with E-state index in [0.29, 0.717) is 29.5 Å². The molecule has 1 aliphatic heterocycles. The number of hydrogen-bond acceptors (Lipinski definition) is 4. The summed E-state index contributed by atoms with van der Waals surface area (Å²) in [4.78, 5) is 28.2. The van der Waals surface area contributed by atoms with E-state index in [1.54, 1.807) is 23.1 Å². The zero-order chi connectivity index (χ0) is 21.6. The summed E-state index contributed by atoms with van der Waals surface area (Å²) in [7, 11) is 0. The van der Waals surface area contributed by atoms with Crippen LogP contribution in [0.4, 0.5) is 0 Å². The second-order valence-electron chi connectivity index (χ2n) is 8.66. The molecule has 0 spiro atoms. The fourth-order valence-corrected chi connectivity index (χ4v) is 4.34. The summed E-state index contributed by atoms with van der Waals surface area (Å²) in [5, 5.41) is 9.76. The third-order valence-corrected chi connectivity index (χ3v) is 6.07. The van der Waals surface area contributed by atoms with Gasteiger partial charge in [-0.25, -0.2) is 0 Å². The zero-order valence-electron chi connectivity index (χ0n) is 17.2. The van der Waals surface area contributed by atoms with Crippen molar-refractivity contribution in [3.8, 4) is 0 Å². The molecule has 1 aliphatic rings. The Kier molecular flexibility index (Phi) is 5.32. The van der Waals surface area contributed by atoms with Crippen LogP contribution in [-0.4, -0.2) is 29.1 Å². The second kappa shape index (κ2) is 7.67. The molecular weight excluding hydrogens is 446 g/mol. The van der Waals surface area contributed by atoms with Crippen molar-refractivity contribution in [1.82, 2.24) is 4.90 Å². The van der Waals surface area contributed by atoms with Crippen molar-refractivity contribution in [3.63, 3.8) is 0 Å². The Labute approximate surface area is 183 Å². The van der Waals surface area contributed by atoms with Gasteiger partial charge in [0, 0.05) is 17.6 Å². The minimum Gasteiger partial charge on any atom is -0.450 e. The molecule has 1 amide bonds. The number of aliphatic hydroxyl groups excluding tert-OH is 1. The highest BCUT2D eigenvalue weighted by Crippen LogP contribution is 2.39. The van der Waals surface area contributed by atoms with Gasteiger partial charge in [0.2, 0.25) is 5.76 Å². The molecule has 156 valence electrons. The van der Waals surface area contributed by atoms with E-state index in [0.717, 1.165) is 10.0 Å². The first-order valence-corrected chi connectivity index (χ1v) is 10.8. The quantitative estimate of drug-likeness (QED) is 0.596. The van der Waals surface area contributed by atoms with Crippen LogP contribution >= 0.6 is 15.9 Å². The van der Waals surface area contributed by atoms with Crippen LogP contribution in [0.5, 0.6) is 0 Å². The summed E-state index contributed by atoms with van der Waals surface area (Å²) in [5.41, 5.74) is 2.59. The molecule has 0 bridgehead atoms. The predicted octanol–water partition coefficient (Wildman–Crippen LogP) is 4.78. The van der Waals surface area contributed by atoms with E-state index in [2.05, 4.69) is 36.7 Å². The molecule has 0 radical (unpaired) electrons. The average Bonchev–Trinajstić information content (AvgIpc) is 2.98. The molecule has 2 aromatic carbocycles. The van der Waals surface area contributed by atoms with Crippen molar-refractivity contribution in [2.24, 2.45) is 0 Å². The Bertz CT molecular complexity index is 1170. The summed E-state index contributed by atoms with van der Waals surface area (Å²) >= 11 is 3.41. The third kappa shape index (κ3) is 3.48. The van der Waals surface area contributed by atoms with Crippen molar-refractivity contribution in [2.45, 2.75) is 38.6 Å². The van der Waals surface area contributed by atoms with Gasteiger partial charge in [0.25, 0.3) is 5.91 Å². The van der Waals surface area contributed by atoms with Crippen LogP contribution in [0.1, 0.15) is 60.5 Å². The largest absolute Gasteiger partial charge is 0.450 e. The molecule has 2 heterocycles. The molecule has 0 saturated heterocycles. The highest BCUT2D eigenvalue weighted by Gasteiger charge is 2.42. The lowest BCUT2D eigenvalue weighted by Gasteiger charge is -2.26. The molecule has 0 fully saturated rings. The van der Waals surface area contributed by atoms with Crippen molar-refractivity contribution >= 4 is 32.8 Å². The highest BCUT2D eigenvalue weighted by atomic mass is 79.9. The van der Waals surface area contributed by atoms with Gasteiger partial charge in [-0.05, 0) is 41.2 Å². The van der Waals surface area contributed by atoms with Crippen molar-refractivity contribution < 1.29 is 14.3 Å². The maximum absolute atomic E-state index is 13.4. The predicted molar refractivity (Wildman–Crippen MR) is 120 cm³/mol. The topological polar surface area (TPSA) is 70.8 Å². The van der Waals surface area contributed by atoms with E-state index in [1.807, 2.05) is 24.3 Å². The van der Waals surface area contributed by atoms with Crippen LogP contribution < -0.4 is 5.43 Å². The molecule has 0 saturated carbocycles. The molecule has 1 aromatic heterocycles. The monoisotopic (exact) mass is 469 g/mol. The van der Waals surface area contributed by atoms with E-state index in [4.69, 9.17) is 4.42 Å². The minimum atomic E-state index is -0.535. The summed E-state index contributed by atoms with van der Waals surface area (Å²) in [5.74, 6) is -0.220. The third-order valence-electron chi connectivity index (χ3n) is 5.58. The number of amides is 1. The van der Waals surface area contributed by atoms with Crippen molar-refractivity contribution in [3.05, 3.63) is 79.6 Å². The van der Waals surface area contributed by atoms with Crippen molar-refractivity contribution in [2.75, 3.05) is 13.2 Å². The van der Waals surface area contributed by atoms with Gasteiger partial charge in [0.05, 0.1) is 17.0 Å². The number of carbonyl (C=O) groups excluding carboxylic acids is 1. The summed E-state index contributed by atoms with van der Waals surface area (Å²) in [6.45, 7) is 6.73. The number of rotatable bonds is 4. The van der Waals surface area contributed by atoms with E-state index in [1.165, 1.54) is 5.56 Å². The van der Waals surface area contributed by atoms with E-state index in [-0.39, 0.29) is 29.1 Å². The van der Waals surface area contributed by atoms with E-state index in [9.17, 15) is 14.7 Å². The SMILES string of the molecule is CC(C)(C)c1ccc(C2c3c(oc4ccc(Br)cc4c3=O)C(=O)N2CCCO)cc1. The molecule has 3 aromatic rings. The fraction of sp³-hybridized carbons (Fsp3) is 0.333. The van der Waals surface area contributed by atoms with Gasteiger partial charge < -0.3 is 14.4 Å². The van der Waals surface area contributed by atoms with Crippen LogP contribution in [0.25, 0.3) is 11.0 Å². The first-order valence-electron chi connectivity index (χ1n) is 10.0. The normalized spacial score (nSPS) is 16.4. The molecule has 1 unspecified atom stereocenters. The minimum absolute atomic E-state index is 0.0000149. The number of hydrogen-bond donors (Lipinski definition) is 1. The van der Waals surface area contributed by atoms with Crippen LogP contribution in [0.2, 0.25) is 0 Å². The lowest BCUT2D eigenvalue weighted by atomic mass is 9.86. The Hall–Kier alpha value is -2.44. The van der Waals surface area contributed by atoms with E-state index < -0.39 is 6.04 Å². The standard InChI is InChI=1S/C24H24BrNO4/c1-24(2,3)15-7-5-14(6-8-15)20-19-21(28)17-13-16(25)9-10-18(17)30-22(19)23(29)26(20)11-4-12-27/h5-10,13,20,27H,4,11-12H2,1-3H3. The molecule has 4 rings (SSSR count). The maximum atomic E-state index is 13.4. The lowest BCUT2D eigenvalue weighted by molar-refractivity contribution is 0.0716. The van der Waals surface area contributed by atoms with Crippen molar-refractivity contribution in [1.29, 1.82) is 0 Å². The van der Waals surface area contributed by atoms with Gasteiger partial charge in [-0.2, -0.15) is 0 Å². The molecular formula is C24H24BrNO4. The molecule has 30 heavy (non-hydrogen) atoms. The van der Waals surface area contributed by atoms with Gasteiger partial charge in [0.15, 0.2) is 5.43 Å². The fourth-order valence-electron chi connectivity index (χ4n) is 3.98. The zero-order valence-corrected chi connectivity index (χ0v) is 18.8. The number of carbonyl (C=O) groups is 1. The second-order valence-corrected chi connectivity index (χ2v) is 9.58. The van der Waals surface area contributed by atoms with Gasteiger partial charge in [-0.1, -0.05) is 61.0 Å². The number of fused-ring (bicyclic) bond motifs is 2. The molecule has 5 nitrogen and oxygen atoms in total. The number of benzene rings is 2. The molecule has 6 heteroatoms. The smallest absolute Gasteiger partial charge is 0.290 e. The van der Waals surface area contributed by atoms with E-state index >= 15 is 0 Å². The summed E-state index contributed by atoms with van der Waals surface area (Å²) in [6.07, 6.45) is 0.426. The number of aliphatic hydroxyl groups is 1. The highest BCUT2D eigenvalue weighted by molar-refractivity contribution is 9.10. The van der Waals surface area contributed by atoms with Gasteiger partial charge in [-0.3, -0.25) is 9.59 Å². The Morgan fingerprint density at radius 2 is 1.80 bits per heavy atom. The summed E-state index contributed by atoms with van der Waals surface area (Å²) in [6, 6.07) is 12.7. The summed E-state index contributed by atoms with van der Waals surface area (Å²) < 4.78 is 6.69. The van der Waals surface area contributed by atoms with Crippen LogP contribution in [-0.2, 0) is 5.41 Å². The first kappa shape index (κ1) is 20.8. The molecule has 1 atom stereocenters. The Balaban J connectivity index is 1.92. The number of nitrogens with zero attached hydrogens (tertiary/aromatic N) is 1. The van der Waals surface area contributed by atoms with Crippen LogP contribution in [0, 0.1) is 0 Å². The number of halogens is 1. The van der Waals surface area contributed by atoms with Gasteiger partial charge in [-0.15, -0.1) is 0 Å².